The molecule has 0 atom stereocenters. The van der Waals surface area contributed by atoms with Crippen molar-refractivity contribution in [2.75, 3.05) is 20.8 Å². The van der Waals surface area contributed by atoms with E-state index in [4.69, 9.17) is 21.1 Å². The van der Waals surface area contributed by atoms with Crippen LogP contribution in [0.5, 0.6) is 11.5 Å². The molecule has 0 fully saturated rings. The third-order valence-electron chi connectivity index (χ3n) is 4.67. The zero-order chi connectivity index (χ0) is 21.7. The average Bonchev–Trinajstić information content (AvgIpc) is 3.15. The zero-order valence-corrected chi connectivity index (χ0v) is 18.7. The van der Waals surface area contributed by atoms with Crippen molar-refractivity contribution in [3.63, 3.8) is 0 Å². The van der Waals surface area contributed by atoms with Crippen LogP contribution in [0.3, 0.4) is 0 Å². The van der Waals surface area contributed by atoms with E-state index in [1.54, 1.807) is 50.5 Å². The molecule has 9 heteroatoms. The van der Waals surface area contributed by atoms with Gasteiger partial charge in [-0.05, 0) is 48.4 Å². The third kappa shape index (κ3) is 5.13. The highest BCUT2D eigenvalue weighted by molar-refractivity contribution is 7.89. The largest absolute Gasteiger partial charge is 0.493 e. The molecule has 0 aliphatic carbocycles. The van der Waals surface area contributed by atoms with E-state index in [0.29, 0.717) is 22.9 Å². The standard InChI is InChI=1S/C21H24ClN3O4S/c1-24-14-17(13-23-24)15-25(30(26,27)19-7-5-18(22)6-8-19)11-10-16-4-9-20(28-2)21(12-16)29-3/h4-9,12-14H,10-11,15H2,1-3H3. The van der Waals surface area contributed by atoms with Crippen molar-refractivity contribution in [2.45, 2.75) is 17.9 Å². The molecule has 1 heterocycles. The summed E-state index contributed by atoms with van der Waals surface area (Å²) in [7, 11) is 1.22. The molecule has 7 nitrogen and oxygen atoms in total. The predicted molar refractivity (Wildman–Crippen MR) is 116 cm³/mol. The van der Waals surface area contributed by atoms with Gasteiger partial charge in [-0.3, -0.25) is 4.68 Å². The minimum Gasteiger partial charge on any atom is -0.493 e. The number of nitrogens with zero attached hydrogens (tertiary/aromatic N) is 3. The van der Waals surface area contributed by atoms with Crippen LogP contribution in [0.2, 0.25) is 5.02 Å². The number of methoxy groups -OCH3 is 2. The van der Waals surface area contributed by atoms with Crippen molar-refractivity contribution in [1.29, 1.82) is 0 Å². The summed E-state index contributed by atoms with van der Waals surface area (Å²) in [5.41, 5.74) is 1.75. The minimum atomic E-state index is -3.72. The first-order chi connectivity index (χ1) is 14.3. The maximum absolute atomic E-state index is 13.3. The Kier molecular flexibility index (Phi) is 7.02. The van der Waals surface area contributed by atoms with Gasteiger partial charge in [0, 0.05) is 36.9 Å². The lowest BCUT2D eigenvalue weighted by Gasteiger charge is -2.22. The maximum Gasteiger partial charge on any atom is 0.243 e. The summed E-state index contributed by atoms with van der Waals surface area (Å²) in [4.78, 5) is 0.197. The highest BCUT2D eigenvalue weighted by Crippen LogP contribution is 2.28. The summed E-state index contributed by atoms with van der Waals surface area (Å²) in [6.45, 7) is 0.501. The van der Waals surface area contributed by atoms with E-state index in [0.717, 1.165) is 11.1 Å². The molecule has 3 rings (SSSR count). The summed E-state index contributed by atoms with van der Waals surface area (Å²) in [6, 6.07) is 11.8. The summed E-state index contributed by atoms with van der Waals surface area (Å²) < 4.78 is 40.3. The first-order valence-electron chi connectivity index (χ1n) is 9.27. The Bertz CT molecular complexity index is 1100. The highest BCUT2D eigenvalue weighted by Gasteiger charge is 2.25. The SMILES string of the molecule is COc1ccc(CCN(Cc2cnn(C)c2)S(=O)(=O)c2ccc(Cl)cc2)cc1OC. The number of ether oxygens (including phenoxy) is 2. The Labute approximate surface area is 181 Å². The van der Waals surface area contributed by atoms with Gasteiger partial charge in [-0.15, -0.1) is 0 Å². The van der Waals surface area contributed by atoms with Gasteiger partial charge in [0.05, 0.1) is 25.3 Å². The van der Waals surface area contributed by atoms with Crippen molar-refractivity contribution < 1.29 is 17.9 Å². The van der Waals surface area contributed by atoms with Crippen LogP contribution >= 0.6 is 11.6 Å². The van der Waals surface area contributed by atoms with E-state index < -0.39 is 10.0 Å². The lowest BCUT2D eigenvalue weighted by Crippen LogP contribution is -2.32. The number of hydrogen-bond donors (Lipinski definition) is 0. The van der Waals surface area contributed by atoms with Crippen LogP contribution in [0.25, 0.3) is 0 Å². The Morgan fingerprint density at radius 2 is 1.73 bits per heavy atom. The molecular weight excluding hydrogens is 426 g/mol. The van der Waals surface area contributed by atoms with Crippen molar-refractivity contribution >= 4 is 21.6 Å². The first kappa shape index (κ1) is 22.1. The number of aryl methyl sites for hydroxylation is 1. The lowest BCUT2D eigenvalue weighted by atomic mass is 10.1. The lowest BCUT2D eigenvalue weighted by molar-refractivity contribution is 0.354. The number of hydrogen-bond acceptors (Lipinski definition) is 5. The molecular formula is C21H24ClN3O4S. The first-order valence-corrected chi connectivity index (χ1v) is 11.1. The molecule has 0 saturated heterocycles. The molecule has 2 aromatic carbocycles. The van der Waals surface area contributed by atoms with E-state index >= 15 is 0 Å². The molecule has 0 saturated carbocycles. The highest BCUT2D eigenvalue weighted by atomic mass is 35.5. The van der Waals surface area contributed by atoms with Crippen LogP contribution in [0.15, 0.2) is 59.8 Å². The minimum absolute atomic E-state index is 0.197. The second kappa shape index (κ2) is 9.51. The summed E-state index contributed by atoms with van der Waals surface area (Å²) in [5, 5.41) is 4.63. The average molecular weight is 450 g/mol. The molecule has 1 aromatic heterocycles. The van der Waals surface area contributed by atoms with Crippen LogP contribution in [0, 0.1) is 0 Å². The molecule has 0 bridgehead atoms. The number of aromatic nitrogens is 2. The second-order valence-electron chi connectivity index (χ2n) is 6.75. The molecule has 0 radical (unpaired) electrons. The molecule has 160 valence electrons. The van der Waals surface area contributed by atoms with Gasteiger partial charge in [0.25, 0.3) is 0 Å². The topological polar surface area (TPSA) is 73.7 Å². The van der Waals surface area contributed by atoms with Crippen LogP contribution in [-0.4, -0.2) is 43.3 Å². The maximum atomic E-state index is 13.3. The van der Waals surface area contributed by atoms with Crippen molar-refractivity contribution in [3.05, 3.63) is 71.0 Å². The molecule has 0 amide bonds. The molecule has 30 heavy (non-hydrogen) atoms. The molecule has 0 aliphatic rings. The Morgan fingerprint density at radius 1 is 1.03 bits per heavy atom. The summed E-state index contributed by atoms with van der Waals surface area (Å²) in [5.74, 6) is 1.23. The van der Waals surface area contributed by atoms with E-state index in [1.165, 1.54) is 16.4 Å². The Balaban J connectivity index is 1.87. The summed E-state index contributed by atoms with van der Waals surface area (Å²) in [6.07, 6.45) is 3.98. The van der Waals surface area contributed by atoms with Gasteiger partial charge in [0.15, 0.2) is 11.5 Å². The van der Waals surface area contributed by atoms with Gasteiger partial charge >= 0.3 is 0 Å². The fourth-order valence-corrected chi connectivity index (χ4v) is 4.64. The van der Waals surface area contributed by atoms with Gasteiger partial charge in [-0.25, -0.2) is 8.42 Å². The molecule has 0 unspecified atom stereocenters. The molecule has 0 spiro atoms. The fraction of sp³-hybridized carbons (Fsp3) is 0.286. The number of sulfonamides is 1. The smallest absolute Gasteiger partial charge is 0.243 e. The van der Waals surface area contributed by atoms with Gasteiger partial charge in [0.1, 0.15) is 0 Å². The van der Waals surface area contributed by atoms with Crippen LogP contribution in [-0.2, 0) is 30.0 Å². The molecule has 0 N–H and O–H groups in total. The van der Waals surface area contributed by atoms with Gasteiger partial charge in [-0.1, -0.05) is 17.7 Å². The summed E-state index contributed by atoms with van der Waals surface area (Å²) >= 11 is 5.93. The van der Waals surface area contributed by atoms with Crippen LogP contribution < -0.4 is 9.47 Å². The normalized spacial score (nSPS) is 11.6. The van der Waals surface area contributed by atoms with Gasteiger partial charge < -0.3 is 9.47 Å². The van der Waals surface area contributed by atoms with Crippen molar-refractivity contribution in [1.82, 2.24) is 14.1 Å². The Morgan fingerprint density at radius 3 is 2.33 bits per heavy atom. The third-order valence-corrected chi connectivity index (χ3v) is 6.78. The van der Waals surface area contributed by atoms with Crippen LogP contribution in [0.4, 0.5) is 0 Å². The molecule has 0 aliphatic heterocycles. The quantitative estimate of drug-likeness (QED) is 0.499. The number of halogens is 1. The Hall–Kier alpha value is -2.55. The zero-order valence-electron chi connectivity index (χ0n) is 17.1. The molecule has 3 aromatic rings. The number of rotatable bonds is 9. The van der Waals surface area contributed by atoms with Crippen LogP contribution in [0.1, 0.15) is 11.1 Å². The monoisotopic (exact) mass is 449 g/mol. The van der Waals surface area contributed by atoms with E-state index in [1.807, 2.05) is 18.2 Å². The predicted octanol–water partition coefficient (Wildman–Crippen LogP) is 3.52. The van der Waals surface area contributed by atoms with E-state index in [9.17, 15) is 8.42 Å². The van der Waals surface area contributed by atoms with E-state index in [-0.39, 0.29) is 18.0 Å². The van der Waals surface area contributed by atoms with Gasteiger partial charge in [0.2, 0.25) is 10.0 Å². The fourth-order valence-electron chi connectivity index (χ4n) is 3.09. The van der Waals surface area contributed by atoms with Crippen molar-refractivity contribution in [3.8, 4) is 11.5 Å². The van der Waals surface area contributed by atoms with Gasteiger partial charge in [-0.2, -0.15) is 9.40 Å². The number of benzene rings is 2. The van der Waals surface area contributed by atoms with E-state index in [2.05, 4.69) is 5.10 Å². The second-order valence-corrected chi connectivity index (χ2v) is 9.13. The van der Waals surface area contributed by atoms with Crippen molar-refractivity contribution in [2.24, 2.45) is 7.05 Å².